The van der Waals surface area contributed by atoms with Crippen molar-refractivity contribution in [3.05, 3.63) is 53.6 Å². The van der Waals surface area contributed by atoms with Gasteiger partial charge < -0.3 is 10.1 Å². The molecular weight excluding hydrogens is 402 g/mol. The molecular formula is C22H25N3O4S. The molecule has 0 saturated carbocycles. The van der Waals surface area contributed by atoms with Gasteiger partial charge in [-0.25, -0.2) is 8.42 Å². The highest BCUT2D eigenvalue weighted by Crippen LogP contribution is 2.26. The number of carbonyl (C=O) groups is 1. The average molecular weight is 428 g/mol. The summed E-state index contributed by atoms with van der Waals surface area (Å²) < 4.78 is 32.7. The van der Waals surface area contributed by atoms with E-state index < -0.39 is 10.0 Å². The molecule has 3 rings (SSSR count). The summed E-state index contributed by atoms with van der Waals surface area (Å²) in [5, 5.41) is 11.4. The summed E-state index contributed by atoms with van der Waals surface area (Å²) in [6.07, 6.45) is 3.15. The van der Waals surface area contributed by atoms with Crippen molar-refractivity contribution in [2.24, 2.45) is 0 Å². The van der Waals surface area contributed by atoms with Gasteiger partial charge in [0.05, 0.1) is 17.4 Å². The molecule has 2 aromatic carbocycles. The molecule has 1 amide bonds. The Kier molecular flexibility index (Phi) is 7.08. The first kappa shape index (κ1) is 21.8. The molecule has 1 N–H and O–H groups in total. The first-order chi connectivity index (χ1) is 14.4. The van der Waals surface area contributed by atoms with E-state index in [4.69, 9.17) is 10.00 Å². The number of anilines is 1. The largest absolute Gasteiger partial charge is 0.483 e. The van der Waals surface area contributed by atoms with Crippen LogP contribution in [0.5, 0.6) is 5.75 Å². The SMILES string of the molecule is Cc1cc(S(=O)(=O)N2CCCCC2)ccc1OCC(=O)Nc1ccc(CC#N)cc1. The lowest BCUT2D eigenvalue weighted by Gasteiger charge is -2.26. The van der Waals surface area contributed by atoms with Gasteiger partial charge in [-0.15, -0.1) is 0 Å². The summed E-state index contributed by atoms with van der Waals surface area (Å²) >= 11 is 0. The highest BCUT2D eigenvalue weighted by Gasteiger charge is 2.26. The second-order valence-electron chi connectivity index (χ2n) is 7.26. The Morgan fingerprint density at radius 3 is 2.47 bits per heavy atom. The highest BCUT2D eigenvalue weighted by atomic mass is 32.2. The Labute approximate surface area is 177 Å². The minimum atomic E-state index is -3.50. The Morgan fingerprint density at radius 1 is 1.13 bits per heavy atom. The van der Waals surface area contributed by atoms with Gasteiger partial charge in [0.2, 0.25) is 10.0 Å². The lowest BCUT2D eigenvalue weighted by Crippen LogP contribution is -2.35. The number of ether oxygens (including phenoxy) is 1. The van der Waals surface area contributed by atoms with Gasteiger partial charge in [0, 0.05) is 18.8 Å². The molecule has 0 radical (unpaired) electrons. The molecule has 1 aliphatic rings. The van der Waals surface area contributed by atoms with E-state index in [1.807, 2.05) is 0 Å². The molecule has 158 valence electrons. The molecule has 0 aromatic heterocycles. The van der Waals surface area contributed by atoms with Gasteiger partial charge in [0.1, 0.15) is 5.75 Å². The molecule has 0 spiro atoms. The Morgan fingerprint density at radius 2 is 1.83 bits per heavy atom. The van der Waals surface area contributed by atoms with Crippen LogP contribution >= 0.6 is 0 Å². The van der Waals surface area contributed by atoms with Crippen LogP contribution in [-0.2, 0) is 21.2 Å². The minimum absolute atomic E-state index is 0.195. The second kappa shape index (κ2) is 9.74. The fourth-order valence-electron chi connectivity index (χ4n) is 3.34. The standard InChI is InChI=1S/C22H25N3O4S/c1-17-15-20(30(27,28)25-13-3-2-4-14-25)9-10-21(17)29-16-22(26)24-19-7-5-18(6-8-19)11-12-23/h5-10,15H,2-4,11,13-14,16H2,1H3,(H,24,26). The van der Waals surface area contributed by atoms with Gasteiger partial charge in [-0.2, -0.15) is 9.57 Å². The maximum Gasteiger partial charge on any atom is 0.262 e. The molecule has 1 saturated heterocycles. The zero-order valence-electron chi connectivity index (χ0n) is 16.9. The van der Waals surface area contributed by atoms with Crippen molar-refractivity contribution in [1.82, 2.24) is 4.31 Å². The van der Waals surface area contributed by atoms with Gasteiger partial charge in [-0.3, -0.25) is 4.79 Å². The topological polar surface area (TPSA) is 99.5 Å². The van der Waals surface area contributed by atoms with Crippen LogP contribution in [0.2, 0.25) is 0 Å². The fourth-order valence-corrected chi connectivity index (χ4v) is 4.94. The van der Waals surface area contributed by atoms with Crippen molar-refractivity contribution in [3.63, 3.8) is 0 Å². The summed E-state index contributed by atoms with van der Waals surface area (Å²) in [7, 11) is -3.50. The number of piperidine rings is 1. The van der Waals surface area contributed by atoms with E-state index in [1.54, 1.807) is 43.3 Å². The average Bonchev–Trinajstić information content (AvgIpc) is 2.75. The third-order valence-corrected chi connectivity index (χ3v) is 6.87. The summed E-state index contributed by atoms with van der Waals surface area (Å²) in [6, 6.07) is 13.8. The molecule has 0 bridgehead atoms. The molecule has 30 heavy (non-hydrogen) atoms. The molecule has 7 nitrogen and oxygen atoms in total. The number of carbonyl (C=O) groups excluding carboxylic acids is 1. The number of hydrogen-bond acceptors (Lipinski definition) is 5. The van der Waals surface area contributed by atoms with Crippen LogP contribution in [0.1, 0.15) is 30.4 Å². The van der Waals surface area contributed by atoms with Gasteiger partial charge in [0.15, 0.2) is 6.61 Å². The number of aryl methyl sites for hydroxylation is 1. The summed E-state index contributed by atoms with van der Waals surface area (Å²) in [4.78, 5) is 12.4. The first-order valence-corrected chi connectivity index (χ1v) is 11.3. The second-order valence-corrected chi connectivity index (χ2v) is 9.20. The number of nitrogens with one attached hydrogen (secondary N) is 1. The third kappa shape index (κ3) is 5.38. The van der Waals surface area contributed by atoms with Gasteiger partial charge in [-0.1, -0.05) is 18.6 Å². The van der Waals surface area contributed by atoms with E-state index in [2.05, 4.69) is 11.4 Å². The van der Waals surface area contributed by atoms with Crippen molar-refractivity contribution < 1.29 is 17.9 Å². The highest BCUT2D eigenvalue weighted by molar-refractivity contribution is 7.89. The van der Waals surface area contributed by atoms with E-state index in [0.29, 0.717) is 36.5 Å². The molecule has 0 aliphatic carbocycles. The van der Waals surface area contributed by atoms with Crippen molar-refractivity contribution in [2.45, 2.75) is 37.5 Å². The number of nitriles is 1. The fraction of sp³-hybridized carbons (Fsp3) is 0.364. The Bertz CT molecular complexity index is 1040. The quantitative estimate of drug-likeness (QED) is 0.731. The Balaban J connectivity index is 1.59. The zero-order valence-corrected chi connectivity index (χ0v) is 17.7. The molecule has 0 atom stereocenters. The maximum absolute atomic E-state index is 12.8. The predicted octanol–water partition coefficient (Wildman–Crippen LogP) is 3.25. The number of benzene rings is 2. The molecule has 1 aliphatic heterocycles. The molecule has 0 unspecified atom stereocenters. The van der Waals surface area contributed by atoms with Crippen LogP contribution in [0.4, 0.5) is 5.69 Å². The normalized spacial score (nSPS) is 14.7. The van der Waals surface area contributed by atoms with Gasteiger partial charge >= 0.3 is 0 Å². The van der Waals surface area contributed by atoms with Gasteiger partial charge in [0.25, 0.3) is 5.91 Å². The third-order valence-electron chi connectivity index (χ3n) is 4.98. The van der Waals surface area contributed by atoms with E-state index in [0.717, 1.165) is 24.8 Å². The van der Waals surface area contributed by atoms with E-state index >= 15 is 0 Å². The number of hydrogen-bond donors (Lipinski definition) is 1. The summed E-state index contributed by atoms with van der Waals surface area (Å²) in [6.45, 7) is 2.67. The maximum atomic E-state index is 12.8. The number of sulfonamides is 1. The van der Waals surface area contributed by atoms with Crippen LogP contribution in [0.3, 0.4) is 0 Å². The van der Waals surface area contributed by atoms with Crippen molar-refractivity contribution >= 4 is 21.6 Å². The lowest BCUT2D eigenvalue weighted by atomic mass is 10.1. The number of nitrogens with zero attached hydrogens (tertiary/aromatic N) is 2. The van der Waals surface area contributed by atoms with Crippen LogP contribution in [-0.4, -0.2) is 38.3 Å². The molecule has 1 heterocycles. The Hall–Kier alpha value is -2.89. The number of amides is 1. The van der Waals surface area contributed by atoms with E-state index in [9.17, 15) is 13.2 Å². The minimum Gasteiger partial charge on any atom is -0.483 e. The van der Waals surface area contributed by atoms with Crippen LogP contribution in [0.15, 0.2) is 47.4 Å². The van der Waals surface area contributed by atoms with Crippen molar-refractivity contribution in [2.75, 3.05) is 25.0 Å². The van der Waals surface area contributed by atoms with Crippen molar-refractivity contribution in [3.8, 4) is 11.8 Å². The predicted molar refractivity (Wildman–Crippen MR) is 114 cm³/mol. The molecule has 2 aromatic rings. The van der Waals surface area contributed by atoms with Crippen molar-refractivity contribution in [1.29, 1.82) is 5.26 Å². The zero-order chi connectivity index (χ0) is 21.6. The smallest absolute Gasteiger partial charge is 0.262 e. The van der Waals surface area contributed by atoms with Crippen LogP contribution in [0.25, 0.3) is 0 Å². The number of rotatable bonds is 7. The summed E-state index contributed by atoms with van der Waals surface area (Å²) in [5.74, 6) is 0.138. The van der Waals surface area contributed by atoms with Crippen LogP contribution < -0.4 is 10.1 Å². The van der Waals surface area contributed by atoms with E-state index in [1.165, 1.54) is 10.4 Å². The monoisotopic (exact) mass is 427 g/mol. The molecule has 8 heteroatoms. The van der Waals surface area contributed by atoms with Gasteiger partial charge in [-0.05, 0) is 61.2 Å². The molecule has 1 fully saturated rings. The van der Waals surface area contributed by atoms with E-state index in [-0.39, 0.29) is 17.4 Å². The summed E-state index contributed by atoms with van der Waals surface area (Å²) in [5.41, 5.74) is 2.15. The first-order valence-electron chi connectivity index (χ1n) is 9.89. The van der Waals surface area contributed by atoms with Crippen LogP contribution in [0, 0.1) is 18.3 Å². The lowest BCUT2D eigenvalue weighted by molar-refractivity contribution is -0.118.